The molecule has 1 aliphatic heterocycles. The fourth-order valence-electron chi connectivity index (χ4n) is 3.72. The summed E-state index contributed by atoms with van der Waals surface area (Å²) in [6.07, 6.45) is 0. The van der Waals surface area contributed by atoms with Crippen LogP contribution in [0.25, 0.3) is 11.1 Å². The van der Waals surface area contributed by atoms with Crippen LogP contribution in [0, 0.1) is 0 Å². The van der Waals surface area contributed by atoms with E-state index in [1.165, 1.54) is 0 Å². The highest BCUT2D eigenvalue weighted by atomic mass is 32.2. The number of piperazine rings is 1. The number of ether oxygens (including phenoxy) is 1. The number of benzene rings is 3. The van der Waals surface area contributed by atoms with E-state index in [2.05, 4.69) is 21.6 Å². The molecule has 31 heavy (non-hydrogen) atoms. The Bertz CT molecular complexity index is 1120. The number of likely N-dealkylation sites (N-methyl/N-ethyl adjacent to an activating group) is 1. The van der Waals surface area contributed by atoms with Crippen molar-refractivity contribution in [2.45, 2.75) is 4.90 Å². The van der Waals surface area contributed by atoms with E-state index in [9.17, 15) is 8.42 Å². The van der Waals surface area contributed by atoms with Gasteiger partial charge in [-0.15, -0.1) is 0 Å². The highest BCUT2D eigenvalue weighted by Gasteiger charge is 2.20. The lowest BCUT2D eigenvalue weighted by molar-refractivity contribution is 0.311. The molecule has 6 nitrogen and oxygen atoms in total. The quantitative estimate of drug-likeness (QED) is 0.633. The standard InChI is InChI=1S/C24H27N3O3S/c1-26-14-16-27(17-15-26)23-18-21(10-13-24(23)30-2)25-31(28,29)22-11-8-20(9-12-22)19-6-4-3-5-7-19/h3-13,18,25H,14-17H2,1-2H3. The maximum Gasteiger partial charge on any atom is 0.261 e. The van der Waals surface area contributed by atoms with Crippen molar-refractivity contribution in [3.05, 3.63) is 72.8 Å². The van der Waals surface area contributed by atoms with Gasteiger partial charge in [-0.3, -0.25) is 4.72 Å². The summed E-state index contributed by atoms with van der Waals surface area (Å²) in [5, 5.41) is 0. The first-order valence-electron chi connectivity index (χ1n) is 10.3. The molecule has 0 aromatic heterocycles. The van der Waals surface area contributed by atoms with Gasteiger partial charge in [-0.25, -0.2) is 8.42 Å². The molecular formula is C24H27N3O3S. The number of anilines is 2. The van der Waals surface area contributed by atoms with Crippen molar-refractivity contribution in [2.24, 2.45) is 0 Å². The molecule has 0 atom stereocenters. The van der Waals surface area contributed by atoms with Crippen LogP contribution < -0.4 is 14.4 Å². The monoisotopic (exact) mass is 437 g/mol. The van der Waals surface area contributed by atoms with E-state index in [0.717, 1.165) is 48.7 Å². The van der Waals surface area contributed by atoms with E-state index in [-0.39, 0.29) is 4.90 Å². The van der Waals surface area contributed by atoms with Crippen molar-refractivity contribution in [1.29, 1.82) is 0 Å². The van der Waals surface area contributed by atoms with Crippen LogP contribution in [0.1, 0.15) is 0 Å². The van der Waals surface area contributed by atoms with Gasteiger partial charge in [0.15, 0.2) is 0 Å². The van der Waals surface area contributed by atoms with Gasteiger partial charge in [-0.1, -0.05) is 42.5 Å². The summed E-state index contributed by atoms with van der Waals surface area (Å²) in [5.74, 6) is 0.736. The topological polar surface area (TPSA) is 61.9 Å². The summed E-state index contributed by atoms with van der Waals surface area (Å²) in [5.41, 5.74) is 3.44. The van der Waals surface area contributed by atoms with Gasteiger partial charge in [-0.2, -0.15) is 0 Å². The third kappa shape index (κ3) is 4.84. The van der Waals surface area contributed by atoms with Crippen molar-refractivity contribution in [2.75, 3.05) is 50.0 Å². The predicted octanol–water partition coefficient (Wildman–Crippen LogP) is 3.91. The van der Waals surface area contributed by atoms with E-state index in [0.29, 0.717) is 5.69 Å². The fraction of sp³-hybridized carbons (Fsp3) is 0.250. The number of rotatable bonds is 6. The van der Waals surface area contributed by atoms with E-state index in [1.54, 1.807) is 25.3 Å². The maximum atomic E-state index is 13.0. The Morgan fingerprint density at radius 2 is 1.48 bits per heavy atom. The van der Waals surface area contributed by atoms with Crippen molar-refractivity contribution in [3.63, 3.8) is 0 Å². The molecule has 0 radical (unpaired) electrons. The van der Waals surface area contributed by atoms with Crippen LogP contribution in [0.5, 0.6) is 5.75 Å². The molecule has 1 fully saturated rings. The van der Waals surface area contributed by atoms with Crippen LogP contribution in [0.4, 0.5) is 11.4 Å². The largest absolute Gasteiger partial charge is 0.495 e. The Balaban J connectivity index is 1.56. The number of hydrogen-bond donors (Lipinski definition) is 1. The van der Waals surface area contributed by atoms with Gasteiger partial charge in [-0.05, 0) is 48.5 Å². The lowest BCUT2D eigenvalue weighted by Gasteiger charge is -2.35. The van der Waals surface area contributed by atoms with E-state index >= 15 is 0 Å². The zero-order chi connectivity index (χ0) is 21.8. The molecule has 1 N–H and O–H groups in total. The Labute approximate surface area is 184 Å². The zero-order valence-corrected chi connectivity index (χ0v) is 18.6. The Morgan fingerprint density at radius 3 is 2.13 bits per heavy atom. The van der Waals surface area contributed by atoms with Crippen LogP contribution in [0.15, 0.2) is 77.7 Å². The fourth-order valence-corrected chi connectivity index (χ4v) is 4.77. The van der Waals surface area contributed by atoms with Gasteiger partial charge in [0.2, 0.25) is 0 Å². The van der Waals surface area contributed by atoms with Crippen LogP contribution >= 0.6 is 0 Å². The normalized spacial score (nSPS) is 15.0. The summed E-state index contributed by atoms with van der Waals surface area (Å²) >= 11 is 0. The third-order valence-electron chi connectivity index (χ3n) is 5.55. The van der Waals surface area contributed by atoms with Crippen molar-refractivity contribution in [1.82, 2.24) is 4.90 Å². The van der Waals surface area contributed by atoms with E-state index < -0.39 is 10.0 Å². The molecular weight excluding hydrogens is 410 g/mol. The lowest BCUT2D eigenvalue weighted by atomic mass is 10.1. The van der Waals surface area contributed by atoms with Gasteiger partial charge in [0, 0.05) is 26.2 Å². The minimum Gasteiger partial charge on any atom is -0.495 e. The molecule has 0 aliphatic carbocycles. The molecule has 4 rings (SSSR count). The molecule has 0 saturated carbocycles. The molecule has 0 spiro atoms. The highest BCUT2D eigenvalue weighted by Crippen LogP contribution is 2.33. The first kappa shape index (κ1) is 21.2. The minimum absolute atomic E-state index is 0.226. The molecule has 0 unspecified atom stereocenters. The average molecular weight is 438 g/mol. The van der Waals surface area contributed by atoms with Crippen molar-refractivity contribution >= 4 is 21.4 Å². The summed E-state index contributed by atoms with van der Waals surface area (Å²) in [7, 11) is 0.0257. The average Bonchev–Trinajstić information content (AvgIpc) is 2.80. The van der Waals surface area contributed by atoms with Crippen LogP contribution in [0.3, 0.4) is 0 Å². The third-order valence-corrected chi connectivity index (χ3v) is 6.94. The van der Waals surface area contributed by atoms with Crippen molar-refractivity contribution < 1.29 is 13.2 Å². The number of nitrogens with zero attached hydrogens (tertiary/aromatic N) is 2. The van der Waals surface area contributed by atoms with Gasteiger partial charge in [0.05, 0.1) is 23.4 Å². The minimum atomic E-state index is -3.71. The van der Waals surface area contributed by atoms with Crippen LogP contribution in [-0.2, 0) is 10.0 Å². The van der Waals surface area contributed by atoms with E-state index in [1.807, 2.05) is 54.6 Å². The lowest BCUT2D eigenvalue weighted by Crippen LogP contribution is -2.44. The van der Waals surface area contributed by atoms with Gasteiger partial charge >= 0.3 is 0 Å². The van der Waals surface area contributed by atoms with Crippen molar-refractivity contribution in [3.8, 4) is 16.9 Å². The number of hydrogen-bond acceptors (Lipinski definition) is 5. The first-order valence-corrected chi connectivity index (χ1v) is 11.7. The van der Waals surface area contributed by atoms with Crippen LogP contribution in [-0.4, -0.2) is 53.7 Å². The molecule has 1 heterocycles. The Hall–Kier alpha value is -3.03. The highest BCUT2D eigenvalue weighted by molar-refractivity contribution is 7.92. The summed E-state index contributed by atoms with van der Waals surface area (Å²) in [6, 6.07) is 22.2. The number of nitrogens with one attached hydrogen (secondary N) is 1. The summed E-state index contributed by atoms with van der Waals surface area (Å²) in [6.45, 7) is 3.63. The molecule has 1 aliphatic rings. The first-order chi connectivity index (χ1) is 15.0. The molecule has 0 amide bonds. The maximum absolute atomic E-state index is 13.0. The van der Waals surface area contributed by atoms with E-state index in [4.69, 9.17) is 4.74 Å². The molecule has 3 aromatic carbocycles. The predicted molar refractivity (Wildman–Crippen MR) is 125 cm³/mol. The molecule has 3 aromatic rings. The van der Waals surface area contributed by atoms with Gasteiger partial charge in [0.1, 0.15) is 5.75 Å². The van der Waals surface area contributed by atoms with Gasteiger partial charge in [0.25, 0.3) is 10.0 Å². The summed E-state index contributed by atoms with van der Waals surface area (Å²) in [4.78, 5) is 4.73. The Kier molecular flexibility index (Phi) is 6.15. The summed E-state index contributed by atoms with van der Waals surface area (Å²) < 4.78 is 34.2. The molecule has 7 heteroatoms. The van der Waals surface area contributed by atoms with Crippen LogP contribution in [0.2, 0.25) is 0 Å². The van der Waals surface area contributed by atoms with Gasteiger partial charge < -0.3 is 14.5 Å². The zero-order valence-electron chi connectivity index (χ0n) is 17.8. The number of sulfonamides is 1. The molecule has 1 saturated heterocycles. The Morgan fingerprint density at radius 1 is 0.839 bits per heavy atom. The second-order valence-corrected chi connectivity index (χ2v) is 9.36. The molecule has 162 valence electrons. The second kappa shape index (κ2) is 8.99. The smallest absolute Gasteiger partial charge is 0.261 e. The SMILES string of the molecule is COc1ccc(NS(=O)(=O)c2ccc(-c3ccccc3)cc2)cc1N1CCN(C)CC1. The number of methoxy groups -OCH3 is 1. The second-order valence-electron chi connectivity index (χ2n) is 7.67. The molecule has 0 bridgehead atoms.